The van der Waals surface area contributed by atoms with Crippen LogP contribution in [0.2, 0.25) is 0 Å². The van der Waals surface area contributed by atoms with Crippen molar-refractivity contribution in [3.8, 4) is 0 Å². The zero-order chi connectivity index (χ0) is 19.7. The number of para-hydroxylation sites is 1. The number of benzene rings is 2. The topological polar surface area (TPSA) is 52.0 Å². The molecule has 27 heavy (non-hydrogen) atoms. The maximum atomic E-state index is 12.9. The van der Waals surface area contributed by atoms with E-state index in [0.717, 1.165) is 11.1 Å². The van der Waals surface area contributed by atoms with Crippen LogP contribution in [0.15, 0.2) is 52.4 Å². The Morgan fingerprint density at radius 3 is 2.41 bits per heavy atom. The predicted octanol–water partition coefficient (Wildman–Crippen LogP) is 4.96. The zero-order valence-electron chi connectivity index (χ0n) is 16.3. The second-order valence-electron chi connectivity index (χ2n) is 7.10. The Morgan fingerprint density at radius 2 is 1.74 bits per heavy atom. The number of carbonyl (C=O) groups excluding carboxylic acids is 1. The van der Waals surface area contributed by atoms with Crippen LogP contribution in [0.25, 0.3) is 10.9 Å². The third kappa shape index (κ3) is 3.83. The molecule has 4 nitrogen and oxygen atoms in total. The van der Waals surface area contributed by atoms with Gasteiger partial charge in [-0.15, -0.1) is 0 Å². The van der Waals surface area contributed by atoms with E-state index >= 15 is 0 Å². The standard InChI is InChI=1S/C22H24N2O2S/c1-13(2)24-21(26)18-8-6-7-9-19(18)23-22(24)27-16(5)20(25)17-11-10-14(3)15(4)12-17/h6-13,16H,1-5H3/t16-/m0/s1. The van der Waals surface area contributed by atoms with E-state index in [1.807, 2.05) is 71.0 Å². The lowest BCUT2D eigenvalue weighted by Crippen LogP contribution is -2.26. The first kappa shape index (κ1) is 19.4. The van der Waals surface area contributed by atoms with E-state index < -0.39 is 0 Å². The van der Waals surface area contributed by atoms with Gasteiger partial charge in [-0.1, -0.05) is 36.0 Å². The van der Waals surface area contributed by atoms with Gasteiger partial charge in [-0.25, -0.2) is 4.98 Å². The van der Waals surface area contributed by atoms with Gasteiger partial charge in [0, 0.05) is 11.6 Å². The molecule has 140 valence electrons. The van der Waals surface area contributed by atoms with Gasteiger partial charge in [-0.2, -0.15) is 0 Å². The lowest BCUT2D eigenvalue weighted by molar-refractivity contribution is 0.0993. The third-order valence-electron chi connectivity index (χ3n) is 4.73. The van der Waals surface area contributed by atoms with Crippen LogP contribution < -0.4 is 5.56 Å². The number of fused-ring (bicyclic) bond motifs is 1. The highest BCUT2D eigenvalue weighted by molar-refractivity contribution is 8.00. The van der Waals surface area contributed by atoms with Crippen molar-refractivity contribution in [2.45, 2.75) is 51.1 Å². The molecule has 3 rings (SSSR count). The highest BCUT2D eigenvalue weighted by Crippen LogP contribution is 2.27. The van der Waals surface area contributed by atoms with Crippen LogP contribution in [0.3, 0.4) is 0 Å². The lowest BCUT2D eigenvalue weighted by Gasteiger charge is -2.18. The van der Waals surface area contributed by atoms with Gasteiger partial charge in [-0.3, -0.25) is 14.2 Å². The molecule has 0 unspecified atom stereocenters. The first-order valence-corrected chi connectivity index (χ1v) is 9.97. The summed E-state index contributed by atoms with van der Waals surface area (Å²) in [7, 11) is 0. The number of hydrogen-bond donors (Lipinski definition) is 0. The summed E-state index contributed by atoms with van der Waals surface area (Å²) < 4.78 is 1.68. The molecule has 1 heterocycles. The number of aryl methyl sites for hydroxylation is 2. The van der Waals surface area contributed by atoms with Gasteiger partial charge in [0.25, 0.3) is 5.56 Å². The maximum Gasteiger partial charge on any atom is 0.262 e. The van der Waals surface area contributed by atoms with Crippen molar-refractivity contribution in [3.63, 3.8) is 0 Å². The summed E-state index contributed by atoms with van der Waals surface area (Å²) in [5.74, 6) is 0.0424. The van der Waals surface area contributed by atoms with Crippen molar-refractivity contribution in [2.24, 2.45) is 0 Å². The highest BCUT2D eigenvalue weighted by atomic mass is 32.2. The van der Waals surface area contributed by atoms with Crippen molar-refractivity contribution >= 4 is 28.4 Å². The summed E-state index contributed by atoms with van der Waals surface area (Å²) in [6, 6.07) is 13.1. The third-order valence-corrected chi connectivity index (χ3v) is 5.80. The second-order valence-corrected chi connectivity index (χ2v) is 8.41. The first-order valence-electron chi connectivity index (χ1n) is 9.09. The molecule has 1 atom stereocenters. The van der Waals surface area contributed by atoms with Gasteiger partial charge in [0.2, 0.25) is 0 Å². The zero-order valence-corrected chi connectivity index (χ0v) is 17.1. The molecule has 2 aromatic carbocycles. The van der Waals surface area contributed by atoms with Crippen LogP contribution in [-0.4, -0.2) is 20.6 Å². The summed E-state index contributed by atoms with van der Waals surface area (Å²) in [5.41, 5.74) is 3.55. The quantitative estimate of drug-likeness (QED) is 0.357. The van der Waals surface area contributed by atoms with E-state index in [4.69, 9.17) is 0 Å². The summed E-state index contributed by atoms with van der Waals surface area (Å²) in [5, 5.41) is 0.840. The fourth-order valence-corrected chi connectivity index (χ4v) is 4.12. The first-order chi connectivity index (χ1) is 12.8. The molecule has 0 saturated carbocycles. The molecule has 0 aliphatic carbocycles. The van der Waals surface area contributed by atoms with Crippen LogP contribution in [0.1, 0.15) is 48.3 Å². The van der Waals surface area contributed by atoms with Crippen molar-refractivity contribution in [1.29, 1.82) is 0 Å². The predicted molar refractivity (Wildman–Crippen MR) is 112 cm³/mol. The maximum absolute atomic E-state index is 12.9. The van der Waals surface area contributed by atoms with Gasteiger partial charge >= 0.3 is 0 Å². The van der Waals surface area contributed by atoms with Gasteiger partial charge in [-0.05, 0) is 63.9 Å². The molecule has 0 spiro atoms. The Labute approximate surface area is 163 Å². The Kier molecular flexibility index (Phi) is 5.51. The molecular formula is C22H24N2O2S. The average Bonchev–Trinajstić information content (AvgIpc) is 2.63. The molecule has 3 aromatic rings. The molecule has 0 amide bonds. The van der Waals surface area contributed by atoms with Crippen LogP contribution in [0.4, 0.5) is 0 Å². The number of carbonyl (C=O) groups is 1. The molecule has 0 aliphatic heterocycles. The van der Waals surface area contributed by atoms with Crippen LogP contribution in [-0.2, 0) is 0 Å². The molecule has 0 radical (unpaired) electrons. The average molecular weight is 381 g/mol. The molecular weight excluding hydrogens is 356 g/mol. The van der Waals surface area contributed by atoms with Gasteiger partial charge in [0.15, 0.2) is 10.9 Å². The Hall–Kier alpha value is -2.40. The molecule has 5 heteroatoms. The van der Waals surface area contributed by atoms with E-state index in [0.29, 0.717) is 21.6 Å². The normalized spacial score (nSPS) is 12.5. The van der Waals surface area contributed by atoms with Crippen molar-refractivity contribution in [2.75, 3.05) is 0 Å². The molecule has 0 N–H and O–H groups in total. The summed E-state index contributed by atoms with van der Waals surface area (Å²) >= 11 is 1.34. The molecule has 0 bridgehead atoms. The van der Waals surface area contributed by atoms with Crippen molar-refractivity contribution in [3.05, 3.63) is 69.5 Å². The Morgan fingerprint density at radius 1 is 1.04 bits per heavy atom. The molecule has 0 aliphatic rings. The number of aromatic nitrogens is 2. The van der Waals surface area contributed by atoms with E-state index in [1.54, 1.807) is 10.6 Å². The SMILES string of the molecule is Cc1ccc(C(=O)[C@H](C)Sc2nc3ccccc3c(=O)n2C(C)C)cc1C. The fraction of sp³-hybridized carbons (Fsp3) is 0.318. The van der Waals surface area contributed by atoms with Gasteiger partial charge in [0.1, 0.15) is 0 Å². The number of nitrogens with zero attached hydrogens (tertiary/aromatic N) is 2. The largest absolute Gasteiger partial charge is 0.293 e. The minimum atomic E-state index is -0.342. The molecule has 0 saturated heterocycles. The minimum Gasteiger partial charge on any atom is -0.293 e. The molecule has 0 fully saturated rings. The Bertz CT molecular complexity index is 1070. The smallest absolute Gasteiger partial charge is 0.262 e. The van der Waals surface area contributed by atoms with Gasteiger partial charge in [0.05, 0.1) is 16.2 Å². The fourth-order valence-electron chi connectivity index (χ4n) is 3.01. The number of hydrogen-bond acceptors (Lipinski definition) is 4. The number of thioether (sulfide) groups is 1. The van der Waals surface area contributed by atoms with E-state index in [-0.39, 0.29) is 22.6 Å². The lowest BCUT2D eigenvalue weighted by atomic mass is 10.0. The van der Waals surface area contributed by atoms with E-state index in [9.17, 15) is 9.59 Å². The molecule has 1 aromatic heterocycles. The summed E-state index contributed by atoms with van der Waals surface area (Å²) in [6.45, 7) is 9.82. The van der Waals surface area contributed by atoms with E-state index in [2.05, 4.69) is 4.98 Å². The summed E-state index contributed by atoms with van der Waals surface area (Å²) in [6.07, 6.45) is 0. The van der Waals surface area contributed by atoms with Crippen molar-refractivity contribution < 1.29 is 4.79 Å². The van der Waals surface area contributed by atoms with Crippen LogP contribution in [0, 0.1) is 13.8 Å². The van der Waals surface area contributed by atoms with Gasteiger partial charge < -0.3 is 0 Å². The monoisotopic (exact) mass is 380 g/mol. The van der Waals surface area contributed by atoms with Crippen molar-refractivity contribution in [1.82, 2.24) is 9.55 Å². The van der Waals surface area contributed by atoms with Crippen LogP contribution in [0.5, 0.6) is 0 Å². The highest BCUT2D eigenvalue weighted by Gasteiger charge is 2.21. The summed E-state index contributed by atoms with van der Waals surface area (Å²) in [4.78, 5) is 30.5. The number of ketones is 1. The second kappa shape index (κ2) is 7.69. The van der Waals surface area contributed by atoms with Crippen LogP contribution >= 0.6 is 11.8 Å². The van der Waals surface area contributed by atoms with E-state index in [1.165, 1.54) is 11.8 Å². The number of rotatable bonds is 5. The minimum absolute atomic E-state index is 0.0407. The Balaban J connectivity index is 1.99. The number of Topliss-reactive ketones (excluding diaryl/α,β-unsaturated/α-hetero) is 1.